The molecule has 2 aromatic carbocycles. The highest BCUT2D eigenvalue weighted by atomic mass is 16.3. The van der Waals surface area contributed by atoms with Crippen molar-refractivity contribution in [3.05, 3.63) is 59.8 Å². The third kappa shape index (κ3) is 4.12. The second kappa shape index (κ2) is 9.14. The maximum atomic E-state index is 13.6. The molecule has 196 valence electrons. The summed E-state index contributed by atoms with van der Waals surface area (Å²) in [6.45, 7) is 7.47. The van der Waals surface area contributed by atoms with Crippen molar-refractivity contribution in [2.75, 3.05) is 26.2 Å². The van der Waals surface area contributed by atoms with Gasteiger partial charge in [0.2, 0.25) is 5.91 Å². The van der Waals surface area contributed by atoms with Gasteiger partial charge in [-0.2, -0.15) is 5.10 Å². The number of benzene rings is 2. The number of likely N-dealkylation sites (tertiary alicyclic amines) is 2. The highest BCUT2D eigenvalue weighted by Crippen LogP contribution is 2.53. The zero-order valence-corrected chi connectivity index (χ0v) is 21.9. The molecule has 7 nitrogen and oxygen atoms in total. The van der Waals surface area contributed by atoms with Crippen molar-refractivity contribution < 1.29 is 15.0 Å². The van der Waals surface area contributed by atoms with Crippen LogP contribution in [-0.4, -0.2) is 73.5 Å². The number of amides is 1. The number of hydrogen-bond acceptors (Lipinski definition) is 5. The fourth-order valence-corrected chi connectivity index (χ4v) is 7.12. The van der Waals surface area contributed by atoms with Crippen LogP contribution in [0.4, 0.5) is 0 Å². The van der Waals surface area contributed by atoms with Crippen LogP contribution in [0.3, 0.4) is 0 Å². The summed E-state index contributed by atoms with van der Waals surface area (Å²) in [4.78, 5) is 18.0. The number of fused-ring (bicyclic) bond motifs is 2. The summed E-state index contributed by atoms with van der Waals surface area (Å²) in [6, 6.07) is 13.4. The molecule has 1 aromatic heterocycles. The van der Waals surface area contributed by atoms with Gasteiger partial charge < -0.3 is 15.1 Å². The number of rotatable bonds is 5. The van der Waals surface area contributed by atoms with Crippen LogP contribution in [-0.2, 0) is 16.8 Å². The van der Waals surface area contributed by atoms with Gasteiger partial charge in [0.1, 0.15) is 12.3 Å². The number of para-hydroxylation sites is 1. The zero-order valence-electron chi connectivity index (χ0n) is 21.9. The number of hydrogen-bond donors (Lipinski definition) is 2. The summed E-state index contributed by atoms with van der Waals surface area (Å²) < 4.78 is 1.78. The standard InChI is InChI=1S/C30H38N4O3/c1-21-7-10-25(35)17-26(21)29-11-14-32(28(36)20-34-27-6-4-3-5-24(27)18-31-34)16-13-30(29,37)22(2)33(15-12-29)19-23-8-9-23/h3-7,10,17-18,22-23,35,37H,8-9,11-16,19-20H2,1-2H3. The number of aliphatic hydroxyl groups is 1. The van der Waals surface area contributed by atoms with E-state index in [1.54, 1.807) is 16.9 Å². The van der Waals surface area contributed by atoms with Crippen LogP contribution >= 0.6 is 0 Å². The van der Waals surface area contributed by atoms with Crippen molar-refractivity contribution in [3.8, 4) is 5.75 Å². The van der Waals surface area contributed by atoms with E-state index in [9.17, 15) is 15.0 Å². The quantitative estimate of drug-likeness (QED) is 0.554. The topological polar surface area (TPSA) is 81.8 Å². The Hall–Kier alpha value is -2.90. The highest BCUT2D eigenvalue weighted by molar-refractivity contribution is 5.82. The first kappa shape index (κ1) is 24.4. The summed E-state index contributed by atoms with van der Waals surface area (Å²) in [5, 5.41) is 28.6. The molecule has 3 fully saturated rings. The van der Waals surface area contributed by atoms with Crippen LogP contribution in [0, 0.1) is 12.8 Å². The van der Waals surface area contributed by atoms with E-state index in [1.807, 2.05) is 41.3 Å². The fraction of sp³-hybridized carbons (Fsp3) is 0.533. The van der Waals surface area contributed by atoms with Crippen LogP contribution in [0.1, 0.15) is 50.2 Å². The Balaban J connectivity index is 1.32. The van der Waals surface area contributed by atoms with E-state index >= 15 is 0 Å². The van der Waals surface area contributed by atoms with Gasteiger partial charge in [0.05, 0.1) is 17.3 Å². The van der Waals surface area contributed by atoms with Crippen molar-refractivity contribution in [1.29, 1.82) is 0 Å². The van der Waals surface area contributed by atoms with Crippen LogP contribution < -0.4 is 0 Å². The third-order valence-electron chi connectivity index (χ3n) is 9.58. The van der Waals surface area contributed by atoms with E-state index in [4.69, 9.17) is 0 Å². The number of phenolic OH excluding ortho intramolecular Hbond substituents is 1. The van der Waals surface area contributed by atoms with Crippen molar-refractivity contribution in [2.24, 2.45) is 5.92 Å². The molecule has 0 bridgehead atoms. The molecule has 2 aliphatic heterocycles. The minimum Gasteiger partial charge on any atom is -0.508 e. The van der Waals surface area contributed by atoms with Crippen molar-refractivity contribution >= 4 is 16.8 Å². The number of aromatic hydroxyl groups is 1. The number of aryl methyl sites for hydroxylation is 1. The van der Waals surface area contributed by atoms with Gasteiger partial charge in [-0.15, -0.1) is 0 Å². The molecule has 0 radical (unpaired) electrons. The van der Waals surface area contributed by atoms with Gasteiger partial charge in [-0.25, -0.2) is 0 Å². The lowest BCUT2D eigenvalue weighted by Gasteiger charge is -2.57. The van der Waals surface area contributed by atoms with E-state index < -0.39 is 11.0 Å². The van der Waals surface area contributed by atoms with Crippen LogP contribution in [0.5, 0.6) is 5.75 Å². The molecule has 0 spiro atoms. The maximum absolute atomic E-state index is 13.6. The van der Waals surface area contributed by atoms with Crippen molar-refractivity contribution in [1.82, 2.24) is 19.6 Å². The second-order valence-corrected chi connectivity index (χ2v) is 11.6. The Morgan fingerprint density at radius 2 is 1.84 bits per heavy atom. The summed E-state index contributed by atoms with van der Waals surface area (Å²) in [6.07, 6.45) is 6.36. The van der Waals surface area contributed by atoms with Gasteiger partial charge >= 0.3 is 0 Å². The summed E-state index contributed by atoms with van der Waals surface area (Å²) in [5.41, 5.74) is 1.53. The van der Waals surface area contributed by atoms with E-state index in [1.165, 1.54) is 12.8 Å². The number of phenols is 1. The van der Waals surface area contributed by atoms with E-state index in [0.717, 1.165) is 47.5 Å². The van der Waals surface area contributed by atoms with Gasteiger partial charge in [0, 0.05) is 36.5 Å². The lowest BCUT2D eigenvalue weighted by molar-refractivity contribution is -0.137. The molecule has 3 aromatic rings. The molecule has 1 amide bonds. The smallest absolute Gasteiger partial charge is 0.244 e. The number of aromatic nitrogens is 2. The van der Waals surface area contributed by atoms with Gasteiger partial charge in [0.15, 0.2) is 0 Å². The Bertz CT molecular complexity index is 1320. The molecule has 3 heterocycles. The number of carbonyl (C=O) groups excluding carboxylic acids is 1. The molecule has 3 atom stereocenters. The lowest BCUT2D eigenvalue weighted by atomic mass is 9.57. The predicted octanol–water partition coefficient (Wildman–Crippen LogP) is 3.85. The molecule has 1 saturated carbocycles. The monoisotopic (exact) mass is 502 g/mol. The molecule has 6 rings (SSSR count). The molecular formula is C30H38N4O3. The molecular weight excluding hydrogens is 464 g/mol. The van der Waals surface area contributed by atoms with Gasteiger partial charge in [-0.05, 0) is 87.7 Å². The van der Waals surface area contributed by atoms with E-state index in [0.29, 0.717) is 25.9 Å². The molecule has 37 heavy (non-hydrogen) atoms. The molecule has 2 N–H and O–H groups in total. The average molecular weight is 503 g/mol. The minimum absolute atomic E-state index is 0.0290. The largest absolute Gasteiger partial charge is 0.508 e. The Morgan fingerprint density at radius 3 is 2.65 bits per heavy atom. The minimum atomic E-state index is -1.01. The third-order valence-corrected chi connectivity index (χ3v) is 9.58. The second-order valence-electron chi connectivity index (χ2n) is 11.6. The SMILES string of the molecule is Cc1ccc(O)cc1C12CCN(C(=O)Cn3ncc4ccccc43)CCC1(O)C(C)N(CC1CC1)CC2. The summed E-state index contributed by atoms with van der Waals surface area (Å²) in [5.74, 6) is 1.00. The Kier molecular flexibility index (Phi) is 6.03. The average Bonchev–Trinajstić information content (AvgIpc) is 3.65. The highest BCUT2D eigenvalue weighted by Gasteiger charge is 2.59. The first-order chi connectivity index (χ1) is 17.8. The number of carbonyl (C=O) groups is 1. The molecule has 7 heteroatoms. The Morgan fingerprint density at radius 1 is 1.08 bits per heavy atom. The lowest BCUT2D eigenvalue weighted by Crippen LogP contribution is -2.68. The van der Waals surface area contributed by atoms with Crippen molar-refractivity contribution in [3.63, 3.8) is 0 Å². The normalized spacial score (nSPS) is 28.7. The van der Waals surface area contributed by atoms with Gasteiger partial charge in [-0.3, -0.25) is 14.4 Å². The predicted molar refractivity (Wildman–Crippen MR) is 143 cm³/mol. The molecule has 3 aliphatic rings. The van der Waals surface area contributed by atoms with Gasteiger partial charge in [-0.1, -0.05) is 24.3 Å². The zero-order chi connectivity index (χ0) is 25.8. The van der Waals surface area contributed by atoms with Crippen molar-refractivity contribution in [2.45, 2.75) is 69.6 Å². The van der Waals surface area contributed by atoms with E-state index in [2.05, 4.69) is 23.8 Å². The number of nitrogens with zero attached hydrogens (tertiary/aromatic N) is 4. The summed E-state index contributed by atoms with van der Waals surface area (Å²) in [7, 11) is 0. The molecule has 2 saturated heterocycles. The molecule has 3 unspecified atom stereocenters. The Labute approximate surface area is 218 Å². The van der Waals surface area contributed by atoms with Crippen LogP contribution in [0.25, 0.3) is 10.9 Å². The fourth-order valence-electron chi connectivity index (χ4n) is 7.12. The maximum Gasteiger partial charge on any atom is 0.244 e. The first-order valence-corrected chi connectivity index (χ1v) is 13.8. The van der Waals surface area contributed by atoms with Crippen LogP contribution in [0.2, 0.25) is 0 Å². The number of piperidine rings is 1. The first-order valence-electron chi connectivity index (χ1n) is 13.8. The summed E-state index contributed by atoms with van der Waals surface area (Å²) >= 11 is 0. The van der Waals surface area contributed by atoms with E-state index in [-0.39, 0.29) is 24.2 Å². The van der Waals surface area contributed by atoms with Gasteiger partial charge in [0.25, 0.3) is 0 Å². The molecule has 1 aliphatic carbocycles. The van der Waals surface area contributed by atoms with Crippen LogP contribution in [0.15, 0.2) is 48.7 Å².